The maximum absolute atomic E-state index is 12.8. The third kappa shape index (κ3) is 3.16. The third-order valence-corrected chi connectivity index (χ3v) is 2.05. The highest BCUT2D eigenvalue weighted by molar-refractivity contribution is 6.18. The Morgan fingerprint density at radius 3 is 2.33 bits per heavy atom. The quantitative estimate of drug-likeness (QED) is 0.734. The Kier molecular flexibility index (Phi) is 4.03. The predicted molar refractivity (Wildman–Crippen MR) is 54.0 cm³/mol. The van der Waals surface area contributed by atoms with Crippen molar-refractivity contribution in [2.24, 2.45) is 0 Å². The van der Waals surface area contributed by atoms with Gasteiger partial charge in [0.15, 0.2) is 0 Å². The van der Waals surface area contributed by atoms with E-state index in [9.17, 15) is 13.6 Å². The van der Waals surface area contributed by atoms with E-state index in [-0.39, 0.29) is 11.4 Å². The predicted octanol–water partition coefficient (Wildman–Crippen LogP) is 2.28. The van der Waals surface area contributed by atoms with Gasteiger partial charge in [-0.15, -0.1) is 11.6 Å². The first-order chi connectivity index (χ1) is 7.04. The molecular formula is C10H10ClF2NO. The number of rotatable bonds is 3. The van der Waals surface area contributed by atoms with Crippen molar-refractivity contribution in [2.45, 2.75) is 0 Å². The Morgan fingerprint density at radius 2 is 1.87 bits per heavy atom. The van der Waals surface area contributed by atoms with Crippen molar-refractivity contribution in [1.82, 2.24) is 4.90 Å². The van der Waals surface area contributed by atoms with Gasteiger partial charge in [0.2, 0.25) is 0 Å². The lowest BCUT2D eigenvalue weighted by Gasteiger charge is -2.15. The summed E-state index contributed by atoms with van der Waals surface area (Å²) in [6, 6.07) is 2.71. The van der Waals surface area contributed by atoms with E-state index in [0.29, 0.717) is 6.54 Å². The standard InChI is InChI=1S/C10H10ClF2NO/c1-14(3-2-11)10(15)7-4-8(12)6-9(13)5-7/h4-6H,2-3H2,1H3. The Labute approximate surface area is 91.4 Å². The van der Waals surface area contributed by atoms with Crippen molar-refractivity contribution in [3.05, 3.63) is 35.4 Å². The van der Waals surface area contributed by atoms with Crippen LogP contribution in [-0.2, 0) is 0 Å². The molecule has 0 atom stereocenters. The Hall–Kier alpha value is -1.16. The van der Waals surface area contributed by atoms with Crippen molar-refractivity contribution in [1.29, 1.82) is 0 Å². The van der Waals surface area contributed by atoms with Gasteiger partial charge in [-0.2, -0.15) is 0 Å². The number of benzene rings is 1. The molecule has 0 aromatic heterocycles. The molecule has 1 aromatic rings. The number of hydrogen-bond donors (Lipinski definition) is 0. The molecule has 0 aliphatic rings. The van der Waals surface area contributed by atoms with Gasteiger partial charge in [0, 0.05) is 31.1 Å². The molecule has 1 aromatic carbocycles. The van der Waals surface area contributed by atoms with Crippen molar-refractivity contribution >= 4 is 17.5 Å². The molecule has 5 heteroatoms. The number of hydrogen-bond acceptors (Lipinski definition) is 1. The molecule has 0 aliphatic heterocycles. The monoisotopic (exact) mass is 233 g/mol. The van der Waals surface area contributed by atoms with Crippen molar-refractivity contribution < 1.29 is 13.6 Å². The van der Waals surface area contributed by atoms with Gasteiger partial charge in [0.25, 0.3) is 5.91 Å². The van der Waals surface area contributed by atoms with E-state index in [1.807, 2.05) is 0 Å². The Balaban J connectivity index is 2.90. The first-order valence-electron chi connectivity index (χ1n) is 4.32. The van der Waals surface area contributed by atoms with Crippen molar-refractivity contribution in [2.75, 3.05) is 19.5 Å². The van der Waals surface area contributed by atoms with Crippen LogP contribution in [0.1, 0.15) is 10.4 Å². The minimum atomic E-state index is -0.766. The third-order valence-electron chi connectivity index (χ3n) is 1.88. The summed E-state index contributed by atoms with van der Waals surface area (Å²) in [5.74, 6) is -1.70. The highest BCUT2D eigenvalue weighted by atomic mass is 35.5. The molecule has 0 unspecified atom stereocenters. The van der Waals surface area contributed by atoms with Crippen LogP contribution in [0.5, 0.6) is 0 Å². The molecule has 0 saturated heterocycles. The van der Waals surface area contributed by atoms with Gasteiger partial charge < -0.3 is 4.90 Å². The molecule has 15 heavy (non-hydrogen) atoms. The maximum atomic E-state index is 12.8. The van der Waals surface area contributed by atoms with Crippen LogP contribution in [0.15, 0.2) is 18.2 Å². The fourth-order valence-electron chi connectivity index (χ4n) is 1.13. The SMILES string of the molecule is CN(CCCl)C(=O)c1cc(F)cc(F)c1. The van der Waals surface area contributed by atoms with Crippen LogP contribution in [0.3, 0.4) is 0 Å². The Morgan fingerprint density at radius 1 is 1.33 bits per heavy atom. The van der Waals surface area contributed by atoms with E-state index >= 15 is 0 Å². The topological polar surface area (TPSA) is 20.3 Å². The number of nitrogens with zero attached hydrogens (tertiary/aromatic N) is 1. The number of halogens is 3. The summed E-state index contributed by atoms with van der Waals surface area (Å²) in [6.07, 6.45) is 0. The molecule has 0 spiro atoms. The Bertz CT molecular complexity index is 350. The molecule has 82 valence electrons. The van der Waals surface area contributed by atoms with Crippen LogP contribution in [0.4, 0.5) is 8.78 Å². The highest BCUT2D eigenvalue weighted by Gasteiger charge is 2.13. The van der Waals surface area contributed by atoms with Gasteiger partial charge in [-0.3, -0.25) is 4.79 Å². The van der Waals surface area contributed by atoms with E-state index < -0.39 is 17.5 Å². The zero-order valence-electron chi connectivity index (χ0n) is 8.14. The van der Waals surface area contributed by atoms with E-state index in [0.717, 1.165) is 18.2 Å². The minimum Gasteiger partial charge on any atom is -0.341 e. The number of amides is 1. The summed E-state index contributed by atoms with van der Waals surface area (Å²) in [5, 5.41) is 0. The summed E-state index contributed by atoms with van der Waals surface area (Å²) in [5.41, 5.74) is -0.0138. The highest BCUT2D eigenvalue weighted by Crippen LogP contribution is 2.10. The van der Waals surface area contributed by atoms with Crippen LogP contribution in [0.2, 0.25) is 0 Å². The smallest absolute Gasteiger partial charge is 0.253 e. The van der Waals surface area contributed by atoms with Gasteiger partial charge in [-0.05, 0) is 12.1 Å². The molecule has 2 nitrogen and oxygen atoms in total. The molecule has 1 amide bonds. The lowest BCUT2D eigenvalue weighted by molar-refractivity contribution is 0.0802. The van der Waals surface area contributed by atoms with Crippen LogP contribution in [-0.4, -0.2) is 30.3 Å². The van der Waals surface area contributed by atoms with E-state index in [1.54, 1.807) is 0 Å². The number of carbonyl (C=O) groups excluding carboxylic acids is 1. The molecule has 1 rings (SSSR count). The first kappa shape index (κ1) is 11.9. The van der Waals surface area contributed by atoms with Gasteiger partial charge in [-0.25, -0.2) is 8.78 Å². The van der Waals surface area contributed by atoms with Gasteiger partial charge >= 0.3 is 0 Å². The minimum absolute atomic E-state index is 0.0138. The van der Waals surface area contributed by atoms with Crippen LogP contribution in [0, 0.1) is 11.6 Å². The van der Waals surface area contributed by atoms with E-state index in [2.05, 4.69) is 0 Å². The zero-order chi connectivity index (χ0) is 11.4. The summed E-state index contributed by atoms with van der Waals surface area (Å²) < 4.78 is 25.6. The van der Waals surface area contributed by atoms with Crippen molar-refractivity contribution in [3.8, 4) is 0 Å². The lowest BCUT2D eigenvalue weighted by atomic mass is 10.2. The van der Waals surface area contributed by atoms with Crippen LogP contribution >= 0.6 is 11.6 Å². The van der Waals surface area contributed by atoms with E-state index in [1.165, 1.54) is 11.9 Å². The fraction of sp³-hybridized carbons (Fsp3) is 0.300. The summed E-state index contributed by atoms with van der Waals surface area (Å²) in [6.45, 7) is 0.332. The molecule has 0 heterocycles. The lowest BCUT2D eigenvalue weighted by Crippen LogP contribution is -2.28. The second-order valence-electron chi connectivity index (χ2n) is 3.07. The molecule has 0 aliphatic carbocycles. The van der Waals surface area contributed by atoms with Gasteiger partial charge in [-0.1, -0.05) is 0 Å². The zero-order valence-corrected chi connectivity index (χ0v) is 8.89. The summed E-state index contributed by atoms with van der Waals surface area (Å²) in [7, 11) is 1.52. The number of alkyl halides is 1. The second kappa shape index (κ2) is 5.07. The summed E-state index contributed by atoms with van der Waals surface area (Å²) >= 11 is 5.45. The normalized spacial score (nSPS) is 10.1. The molecule has 0 radical (unpaired) electrons. The van der Waals surface area contributed by atoms with Gasteiger partial charge in [0.1, 0.15) is 11.6 Å². The largest absolute Gasteiger partial charge is 0.341 e. The molecule has 0 bridgehead atoms. The van der Waals surface area contributed by atoms with Crippen molar-refractivity contribution in [3.63, 3.8) is 0 Å². The molecule has 0 N–H and O–H groups in total. The summed E-state index contributed by atoms with van der Waals surface area (Å²) in [4.78, 5) is 12.9. The second-order valence-corrected chi connectivity index (χ2v) is 3.45. The first-order valence-corrected chi connectivity index (χ1v) is 4.85. The average Bonchev–Trinajstić information content (AvgIpc) is 2.15. The van der Waals surface area contributed by atoms with Crippen LogP contribution < -0.4 is 0 Å². The molecule has 0 fully saturated rings. The number of carbonyl (C=O) groups is 1. The van der Waals surface area contributed by atoms with E-state index in [4.69, 9.17) is 11.6 Å². The maximum Gasteiger partial charge on any atom is 0.253 e. The van der Waals surface area contributed by atoms with Gasteiger partial charge in [0.05, 0.1) is 0 Å². The molecular weight excluding hydrogens is 224 g/mol. The fourth-order valence-corrected chi connectivity index (χ4v) is 1.38. The molecule has 0 saturated carbocycles. The van der Waals surface area contributed by atoms with Crippen LogP contribution in [0.25, 0.3) is 0 Å². The average molecular weight is 234 g/mol.